The molecule has 0 amide bonds. The highest BCUT2D eigenvalue weighted by Gasteiger charge is 2.24. The third kappa shape index (κ3) is 4.13. The lowest BCUT2D eigenvalue weighted by atomic mass is 10.0. The van der Waals surface area contributed by atoms with Crippen LogP contribution in [0.5, 0.6) is 0 Å². The Bertz CT molecular complexity index is 526. The van der Waals surface area contributed by atoms with Crippen LogP contribution in [0.25, 0.3) is 0 Å². The fourth-order valence-electron chi connectivity index (χ4n) is 2.96. The molecule has 21 heavy (non-hydrogen) atoms. The third-order valence-corrected chi connectivity index (χ3v) is 4.88. The molecule has 2 aromatic rings. The molecule has 0 radical (unpaired) electrons. The summed E-state index contributed by atoms with van der Waals surface area (Å²) in [4.78, 5) is 6.99. The van der Waals surface area contributed by atoms with Gasteiger partial charge in [0.25, 0.3) is 0 Å². The Morgan fingerprint density at radius 3 is 2.95 bits per heavy atom. The summed E-state index contributed by atoms with van der Waals surface area (Å²) >= 11 is 1.69. The quantitative estimate of drug-likeness (QED) is 0.920. The van der Waals surface area contributed by atoms with Gasteiger partial charge in [-0.05, 0) is 18.9 Å². The van der Waals surface area contributed by atoms with Gasteiger partial charge < -0.3 is 5.32 Å². The van der Waals surface area contributed by atoms with Crippen molar-refractivity contribution in [2.24, 2.45) is 0 Å². The zero-order valence-electron chi connectivity index (χ0n) is 12.5. The summed E-state index contributed by atoms with van der Waals surface area (Å²) in [5, 5.41) is 5.85. The summed E-state index contributed by atoms with van der Waals surface area (Å²) in [7, 11) is 0. The van der Waals surface area contributed by atoms with Crippen molar-refractivity contribution in [3.8, 4) is 0 Å². The highest BCUT2D eigenvalue weighted by molar-refractivity contribution is 7.07. The van der Waals surface area contributed by atoms with Crippen molar-refractivity contribution in [3.63, 3.8) is 0 Å². The molecule has 1 aliphatic heterocycles. The van der Waals surface area contributed by atoms with Crippen LogP contribution in [0, 0.1) is 0 Å². The van der Waals surface area contributed by atoms with Crippen molar-refractivity contribution >= 4 is 11.3 Å². The van der Waals surface area contributed by atoms with E-state index in [1.165, 1.54) is 11.3 Å². The van der Waals surface area contributed by atoms with Crippen LogP contribution in [0.2, 0.25) is 0 Å². The lowest BCUT2D eigenvalue weighted by Gasteiger charge is -2.39. The molecule has 0 spiro atoms. The first-order chi connectivity index (χ1) is 10.3. The second kappa shape index (κ2) is 7.16. The van der Waals surface area contributed by atoms with E-state index in [-0.39, 0.29) is 0 Å². The molecule has 0 saturated carbocycles. The van der Waals surface area contributed by atoms with Crippen molar-refractivity contribution in [2.45, 2.75) is 31.8 Å². The first-order valence-corrected chi connectivity index (χ1v) is 8.64. The summed E-state index contributed by atoms with van der Waals surface area (Å²) in [5.74, 6) is 0. The van der Waals surface area contributed by atoms with E-state index in [4.69, 9.17) is 0 Å². The van der Waals surface area contributed by atoms with Gasteiger partial charge in [-0.15, -0.1) is 11.3 Å². The van der Waals surface area contributed by atoms with Crippen molar-refractivity contribution in [3.05, 3.63) is 52.5 Å². The first kappa shape index (κ1) is 14.7. The van der Waals surface area contributed by atoms with E-state index in [0.717, 1.165) is 32.5 Å². The zero-order chi connectivity index (χ0) is 14.5. The summed E-state index contributed by atoms with van der Waals surface area (Å²) in [6.45, 7) is 5.62. The summed E-state index contributed by atoms with van der Waals surface area (Å²) < 4.78 is 0. The molecule has 1 aromatic carbocycles. The Balaban J connectivity index is 1.54. The van der Waals surface area contributed by atoms with Crippen molar-refractivity contribution < 1.29 is 0 Å². The maximum absolute atomic E-state index is 4.39. The molecule has 2 atom stereocenters. The molecule has 1 N–H and O–H groups in total. The molecule has 1 aromatic heterocycles. The van der Waals surface area contributed by atoms with Crippen LogP contribution < -0.4 is 5.32 Å². The van der Waals surface area contributed by atoms with Crippen molar-refractivity contribution in [1.29, 1.82) is 0 Å². The van der Waals surface area contributed by atoms with Gasteiger partial charge in [-0.1, -0.05) is 30.3 Å². The van der Waals surface area contributed by atoms with Gasteiger partial charge in [-0.3, -0.25) is 4.90 Å². The van der Waals surface area contributed by atoms with Gasteiger partial charge in [-0.25, -0.2) is 4.98 Å². The van der Waals surface area contributed by atoms with E-state index in [2.05, 4.69) is 57.8 Å². The van der Waals surface area contributed by atoms with Gasteiger partial charge in [0, 0.05) is 43.5 Å². The zero-order valence-corrected chi connectivity index (χ0v) is 13.4. The van der Waals surface area contributed by atoms with Crippen molar-refractivity contribution in [2.75, 3.05) is 19.6 Å². The second-order valence-electron chi connectivity index (χ2n) is 5.87. The Morgan fingerprint density at radius 1 is 1.33 bits per heavy atom. The number of nitrogens with one attached hydrogen (secondary N) is 1. The lowest BCUT2D eigenvalue weighted by molar-refractivity contribution is 0.142. The highest BCUT2D eigenvalue weighted by Crippen LogP contribution is 2.12. The molecule has 3 rings (SSSR count). The SMILES string of the molecule is CC1CNC(Cc2ccccc2)CN1CCc1cscn1. The smallest absolute Gasteiger partial charge is 0.0794 e. The molecule has 3 nitrogen and oxygen atoms in total. The van der Waals surface area contributed by atoms with Crippen LogP contribution in [0.4, 0.5) is 0 Å². The fourth-order valence-corrected chi connectivity index (χ4v) is 3.55. The second-order valence-corrected chi connectivity index (χ2v) is 6.59. The normalized spacial score (nSPS) is 23.3. The van der Waals surface area contributed by atoms with Gasteiger partial charge in [-0.2, -0.15) is 0 Å². The van der Waals surface area contributed by atoms with Crippen LogP contribution in [0.15, 0.2) is 41.2 Å². The molecular formula is C17H23N3S. The predicted molar refractivity (Wildman–Crippen MR) is 88.8 cm³/mol. The summed E-state index contributed by atoms with van der Waals surface area (Å²) in [6.07, 6.45) is 2.17. The number of hydrogen-bond donors (Lipinski definition) is 1. The van der Waals surface area contributed by atoms with Crippen LogP contribution in [-0.2, 0) is 12.8 Å². The Hall–Kier alpha value is -1.23. The largest absolute Gasteiger partial charge is 0.311 e. The fraction of sp³-hybridized carbons (Fsp3) is 0.471. The van der Waals surface area contributed by atoms with Gasteiger partial charge in [0.2, 0.25) is 0 Å². The molecule has 1 aliphatic rings. The standard InChI is InChI=1S/C17H23N3S/c1-14-10-18-17(9-15-5-3-2-4-6-15)11-20(14)8-7-16-12-21-13-19-16/h2-6,12-14,17-18H,7-11H2,1H3. The average Bonchev–Trinajstić information content (AvgIpc) is 3.02. The van der Waals surface area contributed by atoms with Crippen LogP contribution in [-0.4, -0.2) is 41.6 Å². The first-order valence-electron chi connectivity index (χ1n) is 7.69. The topological polar surface area (TPSA) is 28.2 Å². The van der Waals surface area contributed by atoms with E-state index in [1.807, 2.05) is 5.51 Å². The number of benzene rings is 1. The van der Waals surface area contributed by atoms with Gasteiger partial charge in [0.15, 0.2) is 0 Å². The molecular weight excluding hydrogens is 278 g/mol. The lowest BCUT2D eigenvalue weighted by Crippen LogP contribution is -2.56. The van der Waals surface area contributed by atoms with E-state index in [9.17, 15) is 0 Å². The number of nitrogens with zero attached hydrogens (tertiary/aromatic N) is 2. The number of thiazole rings is 1. The number of hydrogen-bond acceptors (Lipinski definition) is 4. The monoisotopic (exact) mass is 301 g/mol. The average molecular weight is 301 g/mol. The van der Waals surface area contributed by atoms with E-state index >= 15 is 0 Å². The number of aromatic nitrogens is 1. The maximum atomic E-state index is 4.39. The van der Waals surface area contributed by atoms with Gasteiger partial charge >= 0.3 is 0 Å². The van der Waals surface area contributed by atoms with Crippen LogP contribution in [0.1, 0.15) is 18.2 Å². The molecule has 112 valence electrons. The Morgan fingerprint density at radius 2 is 2.19 bits per heavy atom. The maximum Gasteiger partial charge on any atom is 0.0794 e. The highest BCUT2D eigenvalue weighted by atomic mass is 32.1. The van der Waals surface area contributed by atoms with E-state index in [1.54, 1.807) is 11.3 Å². The molecule has 1 fully saturated rings. The third-order valence-electron chi connectivity index (χ3n) is 4.24. The van der Waals surface area contributed by atoms with Gasteiger partial charge in [0.1, 0.15) is 0 Å². The minimum Gasteiger partial charge on any atom is -0.311 e. The molecule has 1 saturated heterocycles. The Labute approximate surface area is 131 Å². The van der Waals surface area contributed by atoms with E-state index < -0.39 is 0 Å². The molecule has 4 heteroatoms. The summed E-state index contributed by atoms with van der Waals surface area (Å²) in [6, 6.07) is 11.9. The number of rotatable bonds is 5. The van der Waals surface area contributed by atoms with Crippen LogP contribution in [0.3, 0.4) is 0 Å². The Kier molecular flexibility index (Phi) is 5.01. The minimum absolute atomic E-state index is 0.555. The van der Waals surface area contributed by atoms with Crippen LogP contribution >= 0.6 is 11.3 Å². The molecule has 2 unspecified atom stereocenters. The molecule has 2 heterocycles. The van der Waals surface area contributed by atoms with Gasteiger partial charge in [0.05, 0.1) is 11.2 Å². The van der Waals surface area contributed by atoms with E-state index in [0.29, 0.717) is 12.1 Å². The predicted octanol–water partition coefficient (Wildman–Crippen LogP) is 2.59. The molecule has 0 aliphatic carbocycles. The molecule has 0 bridgehead atoms. The van der Waals surface area contributed by atoms with Crippen molar-refractivity contribution in [1.82, 2.24) is 15.2 Å². The number of piperazine rings is 1. The summed E-state index contributed by atoms with van der Waals surface area (Å²) in [5.41, 5.74) is 4.57. The minimum atomic E-state index is 0.555.